The van der Waals surface area contributed by atoms with Crippen molar-refractivity contribution >= 4 is 16.0 Å². The molecule has 0 spiro atoms. The average Bonchev–Trinajstić information content (AvgIpc) is 3.03. The predicted octanol–water partition coefficient (Wildman–Crippen LogP) is 2.37. The molecule has 4 fully saturated rings. The molecule has 4 aliphatic carbocycles. The van der Waals surface area contributed by atoms with Crippen molar-refractivity contribution < 1.29 is 33.1 Å². The summed E-state index contributed by atoms with van der Waals surface area (Å²) in [5.74, 6) is 0.534. The van der Waals surface area contributed by atoms with Gasteiger partial charge in [0.1, 0.15) is 0 Å². The number of amides is 1. The number of carbonyl (C=O) groups excluding carboxylic acids is 1. The lowest BCUT2D eigenvalue weighted by molar-refractivity contribution is -0.185. The summed E-state index contributed by atoms with van der Waals surface area (Å²) in [6.45, 7) is 6.67. The van der Waals surface area contributed by atoms with Gasteiger partial charge in [-0.05, 0) is 97.7 Å². The van der Waals surface area contributed by atoms with E-state index >= 15 is 0 Å². The minimum atomic E-state index is -4.10. The summed E-state index contributed by atoms with van der Waals surface area (Å²) in [6, 6.07) is 0. The van der Waals surface area contributed by atoms with Gasteiger partial charge in [0.05, 0.1) is 24.1 Å². The summed E-state index contributed by atoms with van der Waals surface area (Å²) < 4.78 is 30.5. The maximum absolute atomic E-state index is 12.2. The van der Waals surface area contributed by atoms with E-state index in [1.54, 1.807) is 0 Å². The Bertz CT molecular complexity index is 896. The van der Waals surface area contributed by atoms with Crippen molar-refractivity contribution in [3.8, 4) is 0 Å². The Kier molecular flexibility index (Phi) is 7.69. The van der Waals surface area contributed by atoms with Crippen molar-refractivity contribution in [2.45, 2.75) is 96.9 Å². The summed E-state index contributed by atoms with van der Waals surface area (Å²) in [5, 5.41) is 35.5. The highest BCUT2D eigenvalue weighted by molar-refractivity contribution is 7.85. The second kappa shape index (κ2) is 9.86. The normalized spacial score (nSPS) is 46.3. The van der Waals surface area contributed by atoms with Crippen LogP contribution in [0.5, 0.6) is 0 Å². The molecule has 4 aliphatic rings. The van der Waals surface area contributed by atoms with E-state index in [0.717, 1.165) is 32.1 Å². The molecule has 0 aromatic rings. The summed E-state index contributed by atoms with van der Waals surface area (Å²) in [7, 11) is -4.10. The molecule has 0 aliphatic heterocycles. The van der Waals surface area contributed by atoms with Crippen LogP contribution in [0.15, 0.2) is 0 Å². The first-order valence-corrected chi connectivity index (χ1v) is 15.1. The molecule has 35 heavy (non-hydrogen) atoms. The highest BCUT2D eigenvalue weighted by atomic mass is 32.2. The van der Waals surface area contributed by atoms with Crippen LogP contribution in [-0.4, -0.2) is 64.8 Å². The fraction of sp³-hybridized carbons (Fsp3) is 0.962. The van der Waals surface area contributed by atoms with Crippen LogP contribution in [0.25, 0.3) is 0 Å². The lowest BCUT2D eigenvalue weighted by Gasteiger charge is -2.62. The molecule has 0 heterocycles. The number of rotatable bonds is 7. The van der Waals surface area contributed by atoms with Crippen molar-refractivity contribution in [2.24, 2.45) is 46.3 Å². The molecule has 0 saturated heterocycles. The summed E-state index contributed by atoms with van der Waals surface area (Å²) >= 11 is 0. The van der Waals surface area contributed by atoms with Gasteiger partial charge in [0.15, 0.2) is 0 Å². The van der Waals surface area contributed by atoms with Crippen LogP contribution in [0, 0.1) is 46.3 Å². The van der Waals surface area contributed by atoms with Gasteiger partial charge in [-0.25, -0.2) is 0 Å². The summed E-state index contributed by atoms with van der Waals surface area (Å²) in [4.78, 5) is 12.2. The molecule has 1 amide bonds. The van der Waals surface area contributed by atoms with Crippen LogP contribution in [-0.2, 0) is 14.9 Å². The van der Waals surface area contributed by atoms with E-state index in [1.807, 2.05) is 0 Å². The Morgan fingerprint density at radius 1 is 1.03 bits per heavy atom. The van der Waals surface area contributed by atoms with Crippen molar-refractivity contribution in [3.63, 3.8) is 0 Å². The third-order valence-corrected chi connectivity index (χ3v) is 11.6. The van der Waals surface area contributed by atoms with Crippen LogP contribution in [0.2, 0.25) is 0 Å². The Labute approximate surface area is 210 Å². The molecule has 202 valence electrons. The molecular formula is C26H45NO7S. The molecule has 8 nitrogen and oxygen atoms in total. The minimum absolute atomic E-state index is 0.0388. The van der Waals surface area contributed by atoms with Crippen LogP contribution in [0.4, 0.5) is 0 Å². The van der Waals surface area contributed by atoms with Crippen LogP contribution in [0.3, 0.4) is 0 Å². The first-order valence-electron chi connectivity index (χ1n) is 13.5. The first kappa shape index (κ1) is 27.3. The van der Waals surface area contributed by atoms with Gasteiger partial charge in [0.2, 0.25) is 5.91 Å². The van der Waals surface area contributed by atoms with Gasteiger partial charge in [0.25, 0.3) is 10.1 Å². The number of hydrogen-bond donors (Lipinski definition) is 5. The molecule has 5 N–H and O–H groups in total. The molecule has 0 radical (unpaired) electrons. The fourth-order valence-electron chi connectivity index (χ4n) is 9.15. The monoisotopic (exact) mass is 515 g/mol. The van der Waals surface area contributed by atoms with Gasteiger partial charge in [0, 0.05) is 13.0 Å². The van der Waals surface area contributed by atoms with Crippen molar-refractivity contribution in [3.05, 3.63) is 0 Å². The minimum Gasteiger partial charge on any atom is -0.393 e. The number of aliphatic hydroxyl groups is 3. The predicted molar refractivity (Wildman–Crippen MR) is 132 cm³/mol. The van der Waals surface area contributed by atoms with E-state index in [-0.39, 0.29) is 59.5 Å². The standard InChI is InChI=1S/C26H45NO7S/c1-15(4-5-22(31)27-10-11-35(32,33)34)19-14-21(30)24-23-18(7-9-26(19,24)3)25(2)8-6-17(28)12-16(25)13-20(23)29/h15-21,23-24,28-30H,4-14H2,1-3H3,(H,27,31)(H,32,33,34)/t15-,16+,17-,18+,19-,20-,21+,23+,24+,25+,26-/m1/s1. The maximum Gasteiger partial charge on any atom is 0.266 e. The van der Waals surface area contributed by atoms with E-state index in [2.05, 4.69) is 26.1 Å². The SMILES string of the molecule is C[C@H](CCC(=O)NCCS(=O)(=O)O)[C@H]1C[C@H](O)[C@H]2[C@@H]3[C@H](O)C[C@@H]4C[C@H](O)CC[C@]4(C)[C@H]3CC[C@@]21C. The molecule has 0 aromatic heterocycles. The second-order valence-electron chi connectivity index (χ2n) is 12.7. The zero-order valence-electron chi connectivity index (χ0n) is 21.4. The van der Waals surface area contributed by atoms with Gasteiger partial charge in [-0.3, -0.25) is 9.35 Å². The molecule has 0 aromatic carbocycles. The Hall–Kier alpha value is -0.740. The van der Waals surface area contributed by atoms with E-state index in [1.165, 1.54) is 0 Å². The summed E-state index contributed by atoms with van der Waals surface area (Å²) in [6.07, 6.45) is 5.74. The van der Waals surface area contributed by atoms with Crippen molar-refractivity contribution in [1.29, 1.82) is 0 Å². The molecule has 0 unspecified atom stereocenters. The molecule has 4 saturated carbocycles. The number of hydrogen-bond acceptors (Lipinski definition) is 6. The topological polar surface area (TPSA) is 144 Å². The smallest absolute Gasteiger partial charge is 0.266 e. The average molecular weight is 516 g/mol. The van der Waals surface area contributed by atoms with E-state index in [0.29, 0.717) is 31.1 Å². The van der Waals surface area contributed by atoms with Gasteiger partial charge >= 0.3 is 0 Å². The van der Waals surface area contributed by atoms with Gasteiger partial charge in [-0.1, -0.05) is 20.8 Å². The molecule has 4 rings (SSSR count). The lowest BCUT2D eigenvalue weighted by Crippen LogP contribution is -2.60. The molecule has 11 atom stereocenters. The quantitative estimate of drug-likeness (QED) is 0.327. The number of nitrogens with one attached hydrogen (secondary N) is 1. The zero-order chi connectivity index (χ0) is 25.8. The number of fused-ring (bicyclic) bond motifs is 5. The van der Waals surface area contributed by atoms with E-state index in [4.69, 9.17) is 4.55 Å². The van der Waals surface area contributed by atoms with Crippen molar-refractivity contribution in [1.82, 2.24) is 5.32 Å². The Balaban J connectivity index is 1.43. The highest BCUT2D eigenvalue weighted by Gasteiger charge is 2.65. The first-order chi connectivity index (χ1) is 16.3. The largest absolute Gasteiger partial charge is 0.393 e. The lowest BCUT2D eigenvalue weighted by atomic mass is 9.43. The van der Waals surface area contributed by atoms with Gasteiger partial charge < -0.3 is 20.6 Å². The zero-order valence-corrected chi connectivity index (χ0v) is 22.2. The Morgan fingerprint density at radius 2 is 1.71 bits per heavy atom. The van der Waals surface area contributed by atoms with Gasteiger partial charge in [-0.15, -0.1) is 0 Å². The maximum atomic E-state index is 12.2. The van der Waals surface area contributed by atoms with Gasteiger partial charge in [-0.2, -0.15) is 8.42 Å². The third-order valence-electron chi connectivity index (χ3n) is 10.9. The highest BCUT2D eigenvalue weighted by Crippen LogP contribution is 2.68. The summed E-state index contributed by atoms with van der Waals surface area (Å²) in [5.41, 5.74) is 0.00776. The number of aliphatic hydroxyl groups excluding tert-OH is 3. The van der Waals surface area contributed by atoms with Crippen molar-refractivity contribution in [2.75, 3.05) is 12.3 Å². The van der Waals surface area contributed by atoms with Crippen LogP contribution < -0.4 is 5.32 Å². The van der Waals surface area contributed by atoms with Crippen LogP contribution in [0.1, 0.15) is 78.6 Å². The second-order valence-corrected chi connectivity index (χ2v) is 14.3. The fourth-order valence-corrected chi connectivity index (χ4v) is 9.51. The number of carbonyl (C=O) groups is 1. The molecule has 0 bridgehead atoms. The Morgan fingerprint density at radius 3 is 2.40 bits per heavy atom. The van der Waals surface area contributed by atoms with E-state index in [9.17, 15) is 28.5 Å². The molecule has 9 heteroatoms. The molecular weight excluding hydrogens is 470 g/mol. The third kappa shape index (κ3) is 5.17. The van der Waals surface area contributed by atoms with Crippen LogP contribution >= 0.6 is 0 Å². The van der Waals surface area contributed by atoms with E-state index < -0.39 is 28.1 Å².